The molecule has 2 aliphatic rings. The number of hydrogen-bond donors (Lipinski definition) is 5. The van der Waals surface area contributed by atoms with Crippen molar-refractivity contribution in [1.82, 2.24) is 30.9 Å². The van der Waals surface area contributed by atoms with E-state index in [1.165, 1.54) is 6.33 Å². The number of hydrogen-bond acceptors (Lipinski definition) is 8. The predicted octanol–water partition coefficient (Wildman–Crippen LogP) is 1.50. The SMILES string of the molecule is CNCC(NC(=O)c1nc(C2CC2)ccc1Nc1cncnc1)C(=N)C(=O)NC1CCC1. The van der Waals surface area contributed by atoms with Gasteiger partial charge in [0.05, 0.1) is 29.8 Å². The number of likely N-dealkylation sites (N-methyl/N-ethyl adjacent to an activating group) is 1. The number of aromatic nitrogens is 3. The van der Waals surface area contributed by atoms with Crippen LogP contribution in [0.2, 0.25) is 0 Å². The highest BCUT2D eigenvalue weighted by Crippen LogP contribution is 2.39. The van der Waals surface area contributed by atoms with Gasteiger partial charge in [-0.05, 0) is 51.3 Å². The molecule has 2 aromatic heterocycles. The summed E-state index contributed by atoms with van der Waals surface area (Å²) in [5.74, 6) is -0.529. The van der Waals surface area contributed by atoms with Crippen LogP contribution in [0.3, 0.4) is 0 Å². The standard InChI is InChI=1S/C22H28N8O2/c1-24-11-18(19(23)21(31)28-14-3-2-4-14)30-22(32)20-17(27-15-9-25-12-26-10-15)8-7-16(29-20)13-5-6-13/h7-10,12-14,18,23-24,27H,2-6,11H2,1H3,(H,28,31)(H,30,32). The molecule has 0 saturated heterocycles. The number of rotatable bonds is 10. The summed E-state index contributed by atoms with van der Waals surface area (Å²) in [7, 11) is 1.71. The van der Waals surface area contributed by atoms with E-state index in [0.717, 1.165) is 37.8 Å². The molecule has 0 aliphatic heterocycles. The third-order valence-electron chi connectivity index (χ3n) is 5.71. The monoisotopic (exact) mass is 436 g/mol. The van der Waals surface area contributed by atoms with Gasteiger partial charge in [-0.3, -0.25) is 15.0 Å². The van der Waals surface area contributed by atoms with Gasteiger partial charge in [0.15, 0.2) is 5.69 Å². The lowest BCUT2D eigenvalue weighted by molar-refractivity contribution is -0.116. The van der Waals surface area contributed by atoms with E-state index in [1.54, 1.807) is 19.4 Å². The van der Waals surface area contributed by atoms with Gasteiger partial charge in [-0.15, -0.1) is 0 Å². The molecular formula is C22H28N8O2. The lowest BCUT2D eigenvalue weighted by Crippen LogP contribution is -2.53. The van der Waals surface area contributed by atoms with Crippen molar-refractivity contribution in [3.05, 3.63) is 42.2 Å². The molecule has 5 N–H and O–H groups in total. The minimum Gasteiger partial charge on any atom is -0.351 e. The van der Waals surface area contributed by atoms with E-state index in [2.05, 4.69) is 36.2 Å². The van der Waals surface area contributed by atoms with Gasteiger partial charge in [-0.2, -0.15) is 0 Å². The van der Waals surface area contributed by atoms with Crippen molar-refractivity contribution < 1.29 is 9.59 Å². The molecule has 1 unspecified atom stereocenters. The van der Waals surface area contributed by atoms with Crippen LogP contribution >= 0.6 is 0 Å². The summed E-state index contributed by atoms with van der Waals surface area (Å²) >= 11 is 0. The van der Waals surface area contributed by atoms with Crippen LogP contribution in [0, 0.1) is 5.41 Å². The number of amides is 2. The molecule has 32 heavy (non-hydrogen) atoms. The molecule has 1 atom stereocenters. The Balaban J connectivity index is 1.53. The Morgan fingerprint density at radius 1 is 1.16 bits per heavy atom. The Hall–Kier alpha value is -3.40. The molecule has 168 valence electrons. The summed E-state index contributed by atoms with van der Waals surface area (Å²) in [5, 5.41) is 20.1. The zero-order chi connectivity index (χ0) is 22.5. The van der Waals surface area contributed by atoms with Crippen molar-refractivity contribution in [3.63, 3.8) is 0 Å². The highest BCUT2D eigenvalue weighted by atomic mass is 16.2. The van der Waals surface area contributed by atoms with Gasteiger partial charge in [0.25, 0.3) is 11.8 Å². The first-order valence-electron chi connectivity index (χ1n) is 10.9. The van der Waals surface area contributed by atoms with Crippen LogP contribution in [-0.4, -0.2) is 58.2 Å². The maximum atomic E-state index is 13.3. The first-order valence-corrected chi connectivity index (χ1v) is 10.9. The van der Waals surface area contributed by atoms with Crippen molar-refractivity contribution in [2.75, 3.05) is 18.9 Å². The van der Waals surface area contributed by atoms with Crippen LogP contribution in [0.1, 0.15) is 54.2 Å². The van der Waals surface area contributed by atoms with Gasteiger partial charge >= 0.3 is 0 Å². The quantitative estimate of drug-likeness (QED) is 0.355. The number of nitrogens with one attached hydrogen (secondary N) is 5. The molecule has 2 fully saturated rings. The molecule has 0 bridgehead atoms. The number of pyridine rings is 1. The van der Waals surface area contributed by atoms with Crippen LogP contribution in [0.4, 0.5) is 11.4 Å². The summed E-state index contributed by atoms with van der Waals surface area (Å²) < 4.78 is 0. The largest absolute Gasteiger partial charge is 0.351 e. The van der Waals surface area contributed by atoms with Crippen molar-refractivity contribution in [2.45, 2.75) is 50.1 Å². The maximum absolute atomic E-state index is 13.3. The molecule has 4 rings (SSSR count). The van der Waals surface area contributed by atoms with Crippen molar-refractivity contribution in [3.8, 4) is 0 Å². The van der Waals surface area contributed by atoms with Crippen LogP contribution in [0.5, 0.6) is 0 Å². The average molecular weight is 437 g/mol. The third-order valence-corrected chi connectivity index (χ3v) is 5.71. The molecule has 0 aromatic carbocycles. The number of carbonyl (C=O) groups is 2. The summed E-state index contributed by atoms with van der Waals surface area (Å²) in [6.45, 7) is 0.250. The van der Waals surface area contributed by atoms with Crippen molar-refractivity contribution >= 4 is 28.9 Å². The molecule has 2 aromatic rings. The van der Waals surface area contributed by atoms with Gasteiger partial charge in [-0.25, -0.2) is 15.0 Å². The zero-order valence-corrected chi connectivity index (χ0v) is 18.0. The minimum absolute atomic E-state index is 0.120. The molecule has 0 radical (unpaired) electrons. The fourth-order valence-electron chi connectivity index (χ4n) is 3.50. The third kappa shape index (κ3) is 5.25. The molecule has 10 heteroatoms. The Morgan fingerprint density at radius 3 is 2.53 bits per heavy atom. The minimum atomic E-state index is -0.785. The van der Waals surface area contributed by atoms with E-state index >= 15 is 0 Å². The Labute approximate surface area is 186 Å². The van der Waals surface area contributed by atoms with Crippen LogP contribution in [-0.2, 0) is 4.79 Å². The van der Waals surface area contributed by atoms with E-state index in [1.807, 2.05) is 12.1 Å². The maximum Gasteiger partial charge on any atom is 0.272 e. The molecule has 2 saturated carbocycles. The van der Waals surface area contributed by atoms with E-state index in [0.29, 0.717) is 17.3 Å². The topological polar surface area (TPSA) is 145 Å². The number of nitrogens with zero attached hydrogens (tertiary/aromatic N) is 3. The fourth-order valence-corrected chi connectivity index (χ4v) is 3.50. The van der Waals surface area contributed by atoms with Crippen LogP contribution in [0.25, 0.3) is 0 Å². The second-order valence-corrected chi connectivity index (χ2v) is 8.26. The van der Waals surface area contributed by atoms with Gasteiger partial charge in [0.1, 0.15) is 12.0 Å². The Kier molecular flexibility index (Phi) is 6.69. The number of anilines is 2. The smallest absolute Gasteiger partial charge is 0.272 e. The summed E-state index contributed by atoms with van der Waals surface area (Å²) in [4.78, 5) is 38.3. The van der Waals surface area contributed by atoms with Crippen molar-refractivity contribution in [1.29, 1.82) is 5.41 Å². The summed E-state index contributed by atoms with van der Waals surface area (Å²) in [5.41, 5.74) is 2.04. The van der Waals surface area contributed by atoms with Gasteiger partial charge in [0, 0.05) is 24.2 Å². The Morgan fingerprint density at radius 2 is 1.91 bits per heavy atom. The van der Waals surface area contributed by atoms with E-state index < -0.39 is 17.9 Å². The second kappa shape index (κ2) is 9.82. The molecule has 10 nitrogen and oxygen atoms in total. The van der Waals surface area contributed by atoms with E-state index in [9.17, 15) is 9.59 Å². The zero-order valence-electron chi connectivity index (χ0n) is 18.0. The number of carbonyl (C=O) groups excluding carboxylic acids is 2. The molecule has 0 spiro atoms. The van der Waals surface area contributed by atoms with Crippen LogP contribution in [0.15, 0.2) is 30.9 Å². The predicted molar refractivity (Wildman–Crippen MR) is 120 cm³/mol. The first kappa shape index (κ1) is 21.8. The molecular weight excluding hydrogens is 408 g/mol. The normalized spacial score (nSPS) is 16.5. The molecule has 2 amide bonds. The second-order valence-electron chi connectivity index (χ2n) is 8.26. The van der Waals surface area contributed by atoms with E-state index in [-0.39, 0.29) is 24.0 Å². The van der Waals surface area contributed by atoms with Gasteiger partial charge in [-0.1, -0.05) is 0 Å². The van der Waals surface area contributed by atoms with Crippen molar-refractivity contribution in [2.24, 2.45) is 0 Å². The Bertz CT molecular complexity index is 989. The highest BCUT2D eigenvalue weighted by molar-refractivity contribution is 6.40. The first-order chi connectivity index (χ1) is 15.5. The molecule has 2 aliphatic carbocycles. The fraction of sp³-hybridized carbons (Fsp3) is 0.455. The van der Waals surface area contributed by atoms with Gasteiger partial charge < -0.3 is 21.3 Å². The summed E-state index contributed by atoms with van der Waals surface area (Å²) in [6.07, 6.45) is 9.69. The van der Waals surface area contributed by atoms with Gasteiger partial charge in [0.2, 0.25) is 0 Å². The van der Waals surface area contributed by atoms with E-state index in [4.69, 9.17) is 5.41 Å². The average Bonchev–Trinajstić information content (AvgIpc) is 3.61. The lowest BCUT2D eigenvalue weighted by atomic mass is 9.93. The van der Waals surface area contributed by atoms with Crippen LogP contribution < -0.4 is 21.3 Å². The molecule has 2 heterocycles. The lowest BCUT2D eigenvalue weighted by Gasteiger charge is -2.28. The summed E-state index contributed by atoms with van der Waals surface area (Å²) in [6, 6.07) is 3.07. The highest BCUT2D eigenvalue weighted by Gasteiger charge is 2.30.